The molecule has 0 aliphatic carbocycles. The zero-order valence-electron chi connectivity index (χ0n) is 14.8. The Balaban J connectivity index is 1.85. The van der Waals surface area contributed by atoms with Crippen molar-refractivity contribution in [2.75, 3.05) is 18.4 Å². The summed E-state index contributed by atoms with van der Waals surface area (Å²) in [7, 11) is 0. The van der Waals surface area contributed by atoms with Crippen LogP contribution in [-0.2, 0) is 4.74 Å². The zero-order chi connectivity index (χ0) is 20.3. The van der Waals surface area contributed by atoms with Gasteiger partial charge in [-0.2, -0.15) is 0 Å². The third-order valence-corrected chi connectivity index (χ3v) is 5.70. The van der Waals surface area contributed by atoms with E-state index >= 15 is 0 Å². The van der Waals surface area contributed by atoms with E-state index in [1.807, 2.05) is 12.1 Å². The summed E-state index contributed by atoms with van der Waals surface area (Å²) >= 11 is 7.41. The molecule has 1 aromatic carbocycles. The number of piperidine rings is 1. The number of benzene rings is 1. The van der Waals surface area contributed by atoms with E-state index in [9.17, 15) is 14.4 Å². The quantitative estimate of drug-likeness (QED) is 0.653. The Bertz CT molecular complexity index is 917. The maximum atomic E-state index is 12.7. The Morgan fingerprint density at radius 1 is 1.25 bits per heavy atom. The van der Waals surface area contributed by atoms with Gasteiger partial charge in [0.2, 0.25) is 0 Å². The van der Waals surface area contributed by atoms with Gasteiger partial charge in [0.15, 0.2) is 0 Å². The van der Waals surface area contributed by atoms with Crippen molar-refractivity contribution >= 4 is 46.0 Å². The van der Waals surface area contributed by atoms with Crippen LogP contribution in [-0.4, -0.2) is 42.1 Å². The van der Waals surface area contributed by atoms with E-state index in [-0.39, 0.29) is 17.1 Å². The molecule has 1 fully saturated rings. The van der Waals surface area contributed by atoms with Crippen LogP contribution >= 0.6 is 22.9 Å². The fraction of sp³-hybridized carbons (Fsp3) is 0.278. The fourth-order valence-electron chi connectivity index (χ4n) is 2.99. The summed E-state index contributed by atoms with van der Waals surface area (Å²) in [6.07, 6.45) is 0.830. The van der Waals surface area contributed by atoms with E-state index in [2.05, 4.69) is 5.32 Å². The molecule has 1 aromatic heterocycles. The highest BCUT2D eigenvalue weighted by atomic mass is 35.5. The van der Waals surface area contributed by atoms with E-state index in [1.54, 1.807) is 18.2 Å². The van der Waals surface area contributed by atoms with E-state index in [0.29, 0.717) is 29.3 Å². The molecule has 148 valence electrons. The molecule has 0 radical (unpaired) electrons. The van der Waals surface area contributed by atoms with Gasteiger partial charge in [0.25, 0.3) is 0 Å². The second kappa shape index (κ2) is 8.49. The molecule has 10 heteroatoms. The number of thiophene rings is 1. The lowest BCUT2D eigenvalue weighted by Gasteiger charge is -2.31. The topological polar surface area (TPSA) is 128 Å². The Morgan fingerprint density at radius 2 is 2.00 bits per heavy atom. The van der Waals surface area contributed by atoms with Gasteiger partial charge in [-0.25, -0.2) is 14.4 Å². The van der Waals surface area contributed by atoms with Gasteiger partial charge in [0.05, 0.1) is 12.1 Å². The van der Waals surface area contributed by atoms with Crippen LogP contribution in [0, 0.1) is 0 Å². The van der Waals surface area contributed by atoms with Crippen molar-refractivity contribution < 1.29 is 19.1 Å². The number of carbonyl (C=O) groups is 3. The predicted molar refractivity (Wildman–Crippen MR) is 108 cm³/mol. The minimum Gasteiger partial charge on any atom is -0.457 e. The molecule has 3 rings (SSSR count). The molecule has 0 saturated carbocycles. The van der Waals surface area contributed by atoms with Crippen LogP contribution in [0.4, 0.5) is 14.6 Å². The minimum absolute atomic E-state index is 0.176. The van der Waals surface area contributed by atoms with E-state index in [1.165, 1.54) is 16.2 Å². The number of likely N-dealkylation sites (tertiary alicyclic amines) is 1. The van der Waals surface area contributed by atoms with Crippen molar-refractivity contribution in [2.24, 2.45) is 11.5 Å². The van der Waals surface area contributed by atoms with Crippen LogP contribution in [0.5, 0.6) is 0 Å². The molecule has 1 atom stereocenters. The Labute approximate surface area is 170 Å². The van der Waals surface area contributed by atoms with Crippen molar-refractivity contribution in [3.05, 3.63) is 40.9 Å². The number of ether oxygens (including phenoxy) is 1. The van der Waals surface area contributed by atoms with Crippen molar-refractivity contribution in [3.8, 4) is 10.4 Å². The predicted octanol–water partition coefficient (Wildman–Crippen LogP) is 3.26. The van der Waals surface area contributed by atoms with Crippen molar-refractivity contribution in [1.82, 2.24) is 4.90 Å². The largest absolute Gasteiger partial charge is 0.457 e. The molecular formula is C18H19ClN4O4S. The molecular weight excluding hydrogens is 404 g/mol. The summed E-state index contributed by atoms with van der Waals surface area (Å²) in [6, 6.07) is 7.42. The summed E-state index contributed by atoms with van der Waals surface area (Å²) in [4.78, 5) is 37.6. The Morgan fingerprint density at radius 3 is 2.68 bits per heavy atom. The zero-order valence-corrected chi connectivity index (χ0v) is 16.4. The van der Waals surface area contributed by atoms with Crippen molar-refractivity contribution in [3.63, 3.8) is 0 Å². The molecule has 1 saturated heterocycles. The number of carbonyl (C=O) groups excluding carboxylic acids is 3. The van der Waals surface area contributed by atoms with Gasteiger partial charge >= 0.3 is 18.0 Å². The number of anilines is 1. The van der Waals surface area contributed by atoms with E-state index < -0.39 is 24.1 Å². The number of nitrogens with zero attached hydrogens (tertiary/aromatic N) is 1. The number of hydrogen-bond donors (Lipinski definition) is 3. The number of nitrogens with one attached hydrogen (secondary N) is 1. The molecule has 4 amide bonds. The number of amides is 4. The van der Waals surface area contributed by atoms with Crippen LogP contribution in [0.25, 0.3) is 10.4 Å². The first-order valence-corrected chi connectivity index (χ1v) is 9.75. The highest BCUT2D eigenvalue weighted by Gasteiger charge is 2.27. The number of nitrogens with two attached hydrogens (primary N) is 2. The molecule has 1 unspecified atom stereocenters. The first kappa shape index (κ1) is 20.0. The lowest BCUT2D eigenvalue weighted by atomic mass is 10.1. The Hall–Kier alpha value is -2.78. The van der Waals surface area contributed by atoms with Crippen LogP contribution in [0.3, 0.4) is 0 Å². The molecule has 1 aliphatic heterocycles. The Kier molecular flexibility index (Phi) is 6.05. The smallest absolute Gasteiger partial charge is 0.341 e. The van der Waals surface area contributed by atoms with Gasteiger partial charge in [-0.15, -0.1) is 11.3 Å². The maximum Gasteiger partial charge on any atom is 0.341 e. The summed E-state index contributed by atoms with van der Waals surface area (Å²) in [5.74, 6) is -0.616. The highest BCUT2D eigenvalue weighted by molar-refractivity contribution is 7.20. The van der Waals surface area contributed by atoms with Gasteiger partial charge < -0.3 is 21.1 Å². The van der Waals surface area contributed by atoms with Crippen LogP contribution in [0.15, 0.2) is 30.3 Å². The van der Waals surface area contributed by atoms with Crippen molar-refractivity contribution in [2.45, 2.75) is 18.9 Å². The number of urea groups is 2. The number of halogens is 1. The van der Waals surface area contributed by atoms with Crippen LogP contribution in [0.1, 0.15) is 23.2 Å². The fourth-order valence-corrected chi connectivity index (χ4v) is 4.37. The molecule has 1 aliphatic rings. The first-order valence-electron chi connectivity index (χ1n) is 8.55. The lowest BCUT2D eigenvalue weighted by Crippen LogP contribution is -2.46. The molecule has 28 heavy (non-hydrogen) atoms. The summed E-state index contributed by atoms with van der Waals surface area (Å²) in [6.45, 7) is 0.772. The summed E-state index contributed by atoms with van der Waals surface area (Å²) in [5.41, 5.74) is 11.4. The minimum atomic E-state index is -0.792. The first-order chi connectivity index (χ1) is 13.3. The van der Waals surface area contributed by atoms with Gasteiger partial charge in [0.1, 0.15) is 11.1 Å². The molecule has 0 bridgehead atoms. The normalized spacial score (nSPS) is 16.5. The number of esters is 1. The summed E-state index contributed by atoms with van der Waals surface area (Å²) < 4.78 is 5.55. The molecule has 8 nitrogen and oxygen atoms in total. The van der Waals surface area contributed by atoms with Gasteiger partial charge in [0, 0.05) is 22.0 Å². The molecule has 0 spiro atoms. The monoisotopic (exact) mass is 422 g/mol. The number of rotatable bonds is 4. The van der Waals surface area contributed by atoms with E-state index in [4.69, 9.17) is 27.8 Å². The van der Waals surface area contributed by atoms with Crippen molar-refractivity contribution in [1.29, 1.82) is 0 Å². The molecule has 5 N–H and O–H groups in total. The standard InChI is InChI=1S/C18H19ClN4O4S/c19-13-6-2-1-5-11(13)14-8-12(15(28-14)22-17(20)25)16(24)27-10-4-3-7-23(9-10)18(21)26/h1-2,5-6,8,10H,3-4,7,9H2,(H2,21,26)(H3,20,22,25). The lowest BCUT2D eigenvalue weighted by molar-refractivity contribution is 0.0129. The summed E-state index contributed by atoms with van der Waals surface area (Å²) in [5, 5.41) is 3.24. The molecule has 2 heterocycles. The number of primary amides is 2. The van der Waals surface area contributed by atoms with Gasteiger partial charge in [-0.1, -0.05) is 29.8 Å². The van der Waals surface area contributed by atoms with Crippen LogP contribution < -0.4 is 16.8 Å². The highest BCUT2D eigenvalue weighted by Crippen LogP contribution is 2.39. The van der Waals surface area contributed by atoms with Gasteiger partial charge in [-0.3, -0.25) is 5.32 Å². The second-order valence-electron chi connectivity index (χ2n) is 6.28. The van der Waals surface area contributed by atoms with Gasteiger partial charge in [-0.05, 0) is 25.0 Å². The van der Waals surface area contributed by atoms with E-state index in [0.717, 1.165) is 5.56 Å². The number of hydrogen-bond acceptors (Lipinski definition) is 5. The average Bonchev–Trinajstić information content (AvgIpc) is 3.05. The SMILES string of the molecule is NC(=O)Nc1sc(-c2ccccc2Cl)cc1C(=O)OC1CCCN(C(N)=O)C1. The second-order valence-corrected chi connectivity index (χ2v) is 7.74. The third-order valence-electron chi connectivity index (χ3n) is 4.29. The maximum absolute atomic E-state index is 12.7. The van der Waals surface area contributed by atoms with Crippen LogP contribution in [0.2, 0.25) is 5.02 Å². The molecule has 2 aromatic rings. The third kappa shape index (κ3) is 4.55. The average molecular weight is 423 g/mol.